The van der Waals surface area contributed by atoms with Crippen molar-refractivity contribution < 1.29 is 4.79 Å². The fraction of sp³-hybridized carbons (Fsp3) is 0.533. The molecule has 1 heterocycles. The van der Waals surface area contributed by atoms with Crippen LogP contribution in [0, 0.1) is 6.92 Å². The van der Waals surface area contributed by atoms with Gasteiger partial charge in [-0.3, -0.25) is 0 Å². The molecule has 1 fully saturated rings. The van der Waals surface area contributed by atoms with Crippen LogP contribution >= 0.6 is 15.9 Å². The molecule has 0 saturated carbocycles. The number of urea groups is 1. The summed E-state index contributed by atoms with van der Waals surface area (Å²) < 4.78 is 1.02. The number of hydrogen-bond acceptors (Lipinski definition) is 2. The highest BCUT2D eigenvalue weighted by molar-refractivity contribution is 9.10. The van der Waals surface area contributed by atoms with Crippen molar-refractivity contribution in [2.75, 3.05) is 32.5 Å². The summed E-state index contributed by atoms with van der Waals surface area (Å²) in [5.41, 5.74) is 1.93. The van der Waals surface area contributed by atoms with E-state index in [0.29, 0.717) is 6.04 Å². The second-order valence-corrected chi connectivity index (χ2v) is 6.45. The molecule has 20 heavy (non-hydrogen) atoms. The fourth-order valence-electron chi connectivity index (χ4n) is 2.52. The number of hydrogen-bond donors (Lipinski definition) is 1. The molecule has 0 bridgehead atoms. The summed E-state index contributed by atoms with van der Waals surface area (Å²) in [5, 5.41) is 3.00. The van der Waals surface area contributed by atoms with Crippen molar-refractivity contribution >= 4 is 27.6 Å². The first-order valence-electron chi connectivity index (χ1n) is 6.96. The maximum absolute atomic E-state index is 12.3. The molecule has 5 heteroatoms. The summed E-state index contributed by atoms with van der Waals surface area (Å²) in [6, 6.07) is 6.19. The molecule has 1 aromatic carbocycles. The topological polar surface area (TPSA) is 35.6 Å². The van der Waals surface area contributed by atoms with Crippen LogP contribution in [0.25, 0.3) is 0 Å². The number of benzene rings is 1. The number of carbonyl (C=O) groups excluding carboxylic acids is 1. The van der Waals surface area contributed by atoms with Crippen molar-refractivity contribution in [3.05, 3.63) is 28.2 Å². The van der Waals surface area contributed by atoms with E-state index in [1.165, 1.54) is 0 Å². The van der Waals surface area contributed by atoms with Gasteiger partial charge in [0.15, 0.2) is 0 Å². The number of amides is 2. The SMILES string of the molecule is Cc1cc(Br)ccc1NC(=O)N(C)C1CCN(C)CC1. The van der Waals surface area contributed by atoms with Crippen LogP contribution in [0.5, 0.6) is 0 Å². The Morgan fingerprint density at radius 3 is 2.65 bits per heavy atom. The van der Waals surface area contributed by atoms with Gasteiger partial charge in [-0.25, -0.2) is 4.79 Å². The van der Waals surface area contributed by atoms with Gasteiger partial charge in [0, 0.05) is 23.2 Å². The van der Waals surface area contributed by atoms with Crippen LogP contribution in [0.1, 0.15) is 18.4 Å². The molecule has 0 spiro atoms. The van der Waals surface area contributed by atoms with Crippen molar-refractivity contribution in [2.24, 2.45) is 0 Å². The summed E-state index contributed by atoms with van der Waals surface area (Å²) in [6.07, 6.45) is 2.08. The van der Waals surface area contributed by atoms with E-state index in [4.69, 9.17) is 0 Å². The van der Waals surface area contributed by atoms with Crippen LogP contribution < -0.4 is 5.32 Å². The van der Waals surface area contributed by atoms with E-state index in [-0.39, 0.29) is 6.03 Å². The molecule has 4 nitrogen and oxygen atoms in total. The maximum Gasteiger partial charge on any atom is 0.321 e. The standard InChI is InChI=1S/C15H22BrN3O/c1-11-10-12(16)4-5-14(11)17-15(20)19(3)13-6-8-18(2)9-7-13/h4-5,10,13H,6-9H2,1-3H3,(H,17,20). The summed E-state index contributed by atoms with van der Waals surface area (Å²) in [7, 11) is 4.01. The number of carbonyl (C=O) groups is 1. The van der Waals surface area contributed by atoms with Crippen LogP contribution in [0.2, 0.25) is 0 Å². The van der Waals surface area contributed by atoms with Gasteiger partial charge in [0.2, 0.25) is 0 Å². The Hall–Kier alpha value is -1.07. The van der Waals surface area contributed by atoms with Gasteiger partial charge in [-0.15, -0.1) is 0 Å². The molecule has 0 aliphatic carbocycles. The van der Waals surface area contributed by atoms with Gasteiger partial charge in [0.25, 0.3) is 0 Å². The predicted octanol–water partition coefficient (Wildman–Crippen LogP) is 3.32. The van der Waals surface area contributed by atoms with Crippen LogP contribution in [0.4, 0.5) is 10.5 Å². The monoisotopic (exact) mass is 339 g/mol. The molecule has 1 aliphatic heterocycles. The zero-order chi connectivity index (χ0) is 14.7. The van der Waals surface area contributed by atoms with Crippen molar-refractivity contribution in [1.29, 1.82) is 0 Å². The molecule has 1 saturated heterocycles. The van der Waals surface area contributed by atoms with Crippen LogP contribution in [0.15, 0.2) is 22.7 Å². The number of piperidine rings is 1. The third-order valence-electron chi connectivity index (χ3n) is 3.99. The molecule has 0 aromatic heterocycles. The second-order valence-electron chi connectivity index (χ2n) is 5.53. The van der Waals surface area contributed by atoms with Crippen molar-refractivity contribution in [2.45, 2.75) is 25.8 Å². The Bertz CT molecular complexity index is 484. The second kappa shape index (κ2) is 6.59. The first-order chi connectivity index (χ1) is 9.47. The minimum Gasteiger partial charge on any atom is -0.325 e. The van der Waals surface area contributed by atoms with E-state index in [0.717, 1.165) is 41.7 Å². The smallest absolute Gasteiger partial charge is 0.321 e. The molecule has 110 valence electrons. The Labute approximate surface area is 129 Å². The number of likely N-dealkylation sites (tertiary alicyclic amines) is 1. The molecule has 1 aromatic rings. The number of nitrogens with one attached hydrogen (secondary N) is 1. The number of anilines is 1. The molecule has 2 rings (SSSR count). The quantitative estimate of drug-likeness (QED) is 0.897. The Kier molecular flexibility index (Phi) is 5.05. The van der Waals surface area contributed by atoms with Crippen LogP contribution in [0.3, 0.4) is 0 Å². The van der Waals surface area contributed by atoms with Gasteiger partial charge >= 0.3 is 6.03 Å². The summed E-state index contributed by atoms with van der Waals surface area (Å²) in [6.45, 7) is 4.11. The lowest BCUT2D eigenvalue weighted by molar-refractivity contribution is 0.156. The van der Waals surface area contributed by atoms with Gasteiger partial charge in [-0.05, 0) is 63.7 Å². The van der Waals surface area contributed by atoms with E-state index in [1.807, 2.05) is 37.1 Å². The van der Waals surface area contributed by atoms with Crippen molar-refractivity contribution in [1.82, 2.24) is 9.80 Å². The van der Waals surface area contributed by atoms with E-state index < -0.39 is 0 Å². The van der Waals surface area contributed by atoms with E-state index in [2.05, 4.69) is 33.2 Å². The third kappa shape index (κ3) is 3.73. The summed E-state index contributed by atoms with van der Waals surface area (Å²) in [5.74, 6) is 0. The Morgan fingerprint density at radius 1 is 1.40 bits per heavy atom. The van der Waals surface area contributed by atoms with E-state index in [1.54, 1.807) is 0 Å². The van der Waals surface area contributed by atoms with Crippen LogP contribution in [-0.2, 0) is 0 Å². The molecular formula is C15H22BrN3O. The first-order valence-corrected chi connectivity index (χ1v) is 7.75. The largest absolute Gasteiger partial charge is 0.325 e. The average Bonchev–Trinajstić information content (AvgIpc) is 2.42. The number of halogens is 1. The Morgan fingerprint density at radius 2 is 2.05 bits per heavy atom. The first kappa shape index (κ1) is 15.3. The van der Waals surface area contributed by atoms with E-state index >= 15 is 0 Å². The highest BCUT2D eigenvalue weighted by Crippen LogP contribution is 2.21. The lowest BCUT2D eigenvalue weighted by Crippen LogP contribution is -2.46. The van der Waals surface area contributed by atoms with Gasteiger partial charge in [0.05, 0.1) is 0 Å². The minimum absolute atomic E-state index is 0.0232. The molecule has 2 amide bonds. The minimum atomic E-state index is -0.0232. The number of nitrogens with zero attached hydrogens (tertiary/aromatic N) is 2. The van der Waals surface area contributed by atoms with Crippen LogP contribution in [-0.4, -0.2) is 49.1 Å². The fourth-order valence-corrected chi connectivity index (χ4v) is 2.99. The lowest BCUT2D eigenvalue weighted by atomic mass is 10.0. The summed E-state index contributed by atoms with van der Waals surface area (Å²) >= 11 is 3.43. The molecule has 0 atom stereocenters. The lowest BCUT2D eigenvalue weighted by Gasteiger charge is -2.35. The number of rotatable bonds is 2. The Balaban J connectivity index is 1.97. The zero-order valence-corrected chi connectivity index (χ0v) is 13.9. The zero-order valence-electron chi connectivity index (χ0n) is 12.3. The van der Waals surface area contributed by atoms with E-state index in [9.17, 15) is 4.79 Å². The highest BCUT2D eigenvalue weighted by atomic mass is 79.9. The maximum atomic E-state index is 12.3. The van der Waals surface area contributed by atoms with Gasteiger partial charge in [-0.2, -0.15) is 0 Å². The highest BCUT2D eigenvalue weighted by Gasteiger charge is 2.24. The van der Waals surface area contributed by atoms with Gasteiger partial charge < -0.3 is 15.1 Å². The molecule has 1 N–H and O–H groups in total. The molecule has 1 aliphatic rings. The van der Waals surface area contributed by atoms with Gasteiger partial charge in [-0.1, -0.05) is 15.9 Å². The number of aryl methyl sites for hydroxylation is 1. The molecular weight excluding hydrogens is 318 g/mol. The molecule has 0 radical (unpaired) electrons. The normalized spacial score (nSPS) is 17.0. The third-order valence-corrected chi connectivity index (χ3v) is 4.48. The summed E-state index contributed by atoms with van der Waals surface area (Å²) in [4.78, 5) is 16.5. The molecule has 0 unspecified atom stereocenters. The predicted molar refractivity (Wildman–Crippen MR) is 86.2 cm³/mol. The van der Waals surface area contributed by atoms with Crippen molar-refractivity contribution in [3.63, 3.8) is 0 Å². The van der Waals surface area contributed by atoms with Gasteiger partial charge in [0.1, 0.15) is 0 Å². The van der Waals surface area contributed by atoms with Crippen molar-refractivity contribution in [3.8, 4) is 0 Å². The average molecular weight is 340 g/mol.